The molecular weight excluding hydrogens is 366 g/mol. The first-order valence-corrected chi connectivity index (χ1v) is 9.66. The fourth-order valence-corrected chi connectivity index (χ4v) is 3.89. The van der Waals surface area contributed by atoms with Gasteiger partial charge in [0.1, 0.15) is 12.6 Å². The van der Waals surface area contributed by atoms with Crippen molar-refractivity contribution in [3.8, 4) is 11.1 Å². The fourth-order valence-electron chi connectivity index (χ4n) is 3.19. The third-order valence-corrected chi connectivity index (χ3v) is 5.45. The molecule has 3 rings (SSSR count). The fraction of sp³-hybridized carbons (Fsp3) is 0.300. The molecule has 2 atom stereocenters. The lowest BCUT2D eigenvalue weighted by molar-refractivity contribution is -0.138. The lowest BCUT2D eigenvalue weighted by atomic mass is 9.98. The van der Waals surface area contributed by atoms with Crippen molar-refractivity contribution in [1.82, 2.24) is 5.32 Å². The number of aliphatic hydroxyl groups is 1. The van der Waals surface area contributed by atoms with Crippen molar-refractivity contribution in [3.63, 3.8) is 0 Å². The highest BCUT2D eigenvalue weighted by Gasteiger charge is 2.29. The molecule has 27 heavy (non-hydrogen) atoms. The van der Waals surface area contributed by atoms with Crippen LogP contribution in [0.25, 0.3) is 11.1 Å². The first-order valence-electron chi connectivity index (χ1n) is 8.61. The monoisotopic (exact) mass is 387 g/mol. The molecule has 0 aliphatic heterocycles. The number of alkyl carbamates (subject to hydrolysis) is 1. The summed E-state index contributed by atoms with van der Waals surface area (Å²) in [4.78, 5) is 23.4. The second-order valence-corrected chi connectivity index (χ2v) is 7.64. The molecular formula is C20H21NO5S. The number of fused-ring (bicyclic) bond motifs is 3. The number of aliphatic hydroxyl groups excluding tert-OH is 1. The van der Waals surface area contributed by atoms with E-state index in [2.05, 4.69) is 5.32 Å². The number of thioether (sulfide) groups is 1. The summed E-state index contributed by atoms with van der Waals surface area (Å²) in [5, 5.41) is 20.8. The summed E-state index contributed by atoms with van der Waals surface area (Å²) < 4.78 is 5.34. The van der Waals surface area contributed by atoms with E-state index in [9.17, 15) is 19.8 Å². The Morgan fingerprint density at radius 1 is 1.11 bits per heavy atom. The highest BCUT2D eigenvalue weighted by Crippen LogP contribution is 2.44. The van der Waals surface area contributed by atoms with Gasteiger partial charge in [0.05, 0.1) is 5.44 Å². The molecule has 0 heterocycles. The van der Waals surface area contributed by atoms with Gasteiger partial charge in [-0.05, 0) is 29.2 Å². The van der Waals surface area contributed by atoms with Crippen LogP contribution in [0, 0.1) is 0 Å². The number of ether oxygens (including phenoxy) is 1. The SMILES string of the molecule is C[C@@H](O)SC[C@H](NC(=O)OCC1c2ccccc2-c2ccccc21)C(=O)O. The number of hydrogen-bond acceptors (Lipinski definition) is 5. The van der Waals surface area contributed by atoms with Crippen molar-refractivity contribution in [2.24, 2.45) is 0 Å². The molecule has 0 unspecified atom stereocenters. The van der Waals surface area contributed by atoms with E-state index in [4.69, 9.17) is 4.74 Å². The minimum Gasteiger partial charge on any atom is -0.480 e. The Kier molecular flexibility index (Phi) is 6.03. The van der Waals surface area contributed by atoms with Crippen LogP contribution < -0.4 is 5.32 Å². The molecule has 2 aromatic rings. The van der Waals surface area contributed by atoms with Crippen molar-refractivity contribution in [2.45, 2.75) is 24.3 Å². The topological polar surface area (TPSA) is 95.9 Å². The Bertz CT molecular complexity index is 793. The van der Waals surface area contributed by atoms with Crippen LogP contribution >= 0.6 is 11.8 Å². The molecule has 7 heteroatoms. The number of aliphatic carboxylic acids is 1. The van der Waals surface area contributed by atoms with Crippen LogP contribution in [0.5, 0.6) is 0 Å². The molecule has 0 saturated heterocycles. The summed E-state index contributed by atoms with van der Waals surface area (Å²) in [5.74, 6) is -1.20. The van der Waals surface area contributed by atoms with Crippen molar-refractivity contribution in [1.29, 1.82) is 0 Å². The van der Waals surface area contributed by atoms with Crippen molar-refractivity contribution < 1.29 is 24.5 Å². The number of hydrogen-bond donors (Lipinski definition) is 3. The van der Waals surface area contributed by atoms with Crippen LogP contribution in [0.2, 0.25) is 0 Å². The van der Waals surface area contributed by atoms with Crippen LogP contribution in [-0.4, -0.2) is 46.1 Å². The first kappa shape index (κ1) is 19.3. The normalized spacial score (nSPS) is 14.7. The smallest absolute Gasteiger partial charge is 0.407 e. The van der Waals surface area contributed by atoms with Gasteiger partial charge in [-0.1, -0.05) is 48.5 Å². The second kappa shape index (κ2) is 8.45. The van der Waals surface area contributed by atoms with Gasteiger partial charge in [0.15, 0.2) is 0 Å². The molecule has 0 fully saturated rings. The Balaban J connectivity index is 1.66. The van der Waals surface area contributed by atoms with Gasteiger partial charge in [-0.2, -0.15) is 0 Å². The quantitative estimate of drug-likeness (QED) is 0.632. The van der Waals surface area contributed by atoms with Gasteiger partial charge in [0, 0.05) is 11.7 Å². The van der Waals surface area contributed by atoms with Gasteiger partial charge in [-0.25, -0.2) is 9.59 Å². The number of benzene rings is 2. The summed E-state index contributed by atoms with van der Waals surface area (Å²) in [6, 6.07) is 14.8. The molecule has 2 aromatic carbocycles. The van der Waals surface area contributed by atoms with Gasteiger partial charge >= 0.3 is 12.1 Å². The minimum atomic E-state index is -1.17. The molecule has 0 radical (unpaired) electrons. The minimum absolute atomic E-state index is 0.0528. The molecule has 3 N–H and O–H groups in total. The zero-order valence-electron chi connectivity index (χ0n) is 14.8. The van der Waals surface area contributed by atoms with Crippen LogP contribution in [0.15, 0.2) is 48.5 Å². The van der Waals surface area contributed by atoms with E-state index in [1.54, 1.807) is 0 Å². The number of carboxylic acids is 1. The van der Waals surface area contributed by atoms with Gasteiger partial charge in [0.2, 0.25) is 0 Å². The summed E-state index contributed by atoms with van der Waals surface area (Å²) in [7, 11) is 0. The van der Waals surface area contributed by atoms with E-state index in [1.807, 2.05) is 48.5 Å². The number of carbonyl (C=O) groups excluding carboxylic acids is 1. The zero-order valence-corrected chi connectivity index (χ0v) is 15.6. The molecule has 0 saturated carbocycles. The molecule has 0 spiro atoms. The predicted molar refractivity (Wildman–Crippen MR) is 104 cm³/mol. The average Bonchev–Trinajstić information content (AvgIpc) is 2.97. The Morgan fingerprint density at radius 2 is 1.67 bits per heavy atom. The van der Waals surface area contributed by atoms with Gasteiger partial charge in [-0.3, -0.25) is 0 Å². The van der Waals surface area contributed by atoms with Crippen molar-refractivity contribution >= 4 is 23.8 Å². The molecule has 1 amide bonds. The average molecular weight is 387 g/mol. The second-order valence-electron chi connectivity index (χ2n) is 6.29. The molecule has 1 aliphatic rings. The summed E-state index contributed by atoms with van der Waals surface area (Å²) >= 11 is 1.04. The third kappa shape index (κ3) is 4.43. The number of rotatable bonds is 7. The zero-order chi connectivity index (χ0) is 19.4. The van der Waals surface area contributed by atoms with Gasteiger partial charge < -0.3 is 20.3 Å². The Labute approximate surface area is 161 Å². The molecule has 142 valence electrons. The standard InChI is InChI=1S/C20H21NO5S/c1-12(22)27-11-18(19(23)24)21-20(25)26-10-17-15-8-4-2-6-13(15)14-7-3-5-9-16(14)17/h2-9,12,17-18,22H,10-11H2,1H3,(H,21,25)(H,23,24)/t12-,18-/m0/s1. The highest BCUT2D eigenvalue weighted by atomic mass is 32.2. The largest absolute Gasteiger partial charge is 0.480 e. The van der Waals surface area contributed by atoms with E-state index >= 15 is 0 Å². The number of carboxylic acid groups (broad SMARTS) is 1. The summed E-state index contributed by atoms with van der Waals surface area (Å²) in [6.07, 6.45) is -0.782. The molecule has 0 aromatic heterocycles. The maximum absolute atomic E-state index is 12.1. The molecule has 0 bridgehead atoms. The predicted octanol–water partition coefficient (Wildman–Crippen LogP) is 3.05. The molecule has 1 aliphatic carbocycles. The van der Waals surface area contributed by atoms with E-state index in [0.29, 0.717) is 0 Å². The maximum Gasteiger partial charge on any atom is 0.407 e. The number of carbonyl (C=O) groups is 2. The Morgan fingerprint density at radius 3 is 2.19 bits per heavy atom. The van der Waals surface area contributed by atoms with E-state index in [1.165, 1.54) is 6.92 Å². The lowest BCUT2D eigenvalue weighted by Gasteiger charge is -2.17. The third-order valence-electron chi connectivity index (χ3n) is 4.44. The summed E-state index contributed by atoms with van der Waals surface area (Å²) in [5.41, 5.74) is 3.71. The Hall–Kier alpha value is -2.51. The van der Waals surface area contributed by atoms with Crippen LogP contribution in [-0.2, 0) is 9.53 Å². The van der Waals surface area contributed by atoms with E-state index in [0.717, 1.165) is 34.0 Å². The van der Waals surface area contributed by atoms with Gasteiger partial charge in [-0.15, -0.1) is 11.8 Å². The van der Waals surface area contributed by atoms with E-state index < -0.39 is 23.5 Å². The summed E-state index contributed by atoms with van der Waals surface area (Å²) in [6.45, 7) is 1.66. The van der Waals surface area contributed by atoms with E-state index in [-0.39, 0.29) is 18.3 Å². The van der Waals surface area contributed by atoms with Crippen LogP contribution in [0.3, 0.4) is 0 Å². The number of amides is 1. The number of nitrogens with one attached hydrogen (secondary N) is 1. The van der Waals surface area contributed by atoms with Crippen LogP contribution in [0.4, 0.5) is 4.79 Å². The van der Waals surface area contributed by atoms with Gasteiger partial charge in [0.25, 0.3) is 0 Å². The first-order chi connectivity index (χ1) is 13.0. The van der Waals surface area contributed by atoms with Crippen LogP contribution in [0.1, 0.15) is 24.0 Å². The van der Waals surface area contributed by atoms with Crippen molar-refractivity contribution in [3.05, 3.63) is 59.7 Å². The maximum atomic E-state index is 12.1. The highest BCUT2D eigenvalue weighted by molar-refractivity contribution is 7.99. The molecule has 6 nitrogen and oxygen atoms in total. The van der Waals surface area contributed by atoms with Crippen molar-refractivity contribution in [2.75, 3.05) is 12.4 Å². The lowest BCUT2D eigenvalue weighted by Crippen LogP contribution is -2.43.